The summed E-state index contributed by atoms with van der Waals surface area (Å²) < 4.78 is 39.0. The SMILES string of the molecule is NC(=O)[C@@H](CCc1ccccc1)NC(=O)c1ccccc1C(F)(F)F. The van der Waals surface area contributed by atoms with E-state index in [4.69, 9.17) is 5.73 Å². The summed E-state index contributed by atoms with van der Waals surface area (Å²) >= 11 is 0. The van der Waals surface area contributed by atoms with Gasteiger partial charge in [-0.1, -0.05) is 42.5 Å². The highest BCUT2D eigenvalue weighted by molar-refractivity contribution is 5.98. The highest BCUT2D eigenvalue weighted by Gasteiger charge is 2.35. The van der Waals surface area contributed by atoms with Gasteiger partial charge in [0, 0.05) is 0 Å². The van der Waals surface area contributed by atoms with Crippen LogP contribution in [0.25, 0.3) is 0 Å². The van der Waals surface area contributed by atoms with E-state index in [1.165, 1.54) is 12.1 Å². The molecule has 0 aliphatic heterocycles. The van der Waals surface area contributed by atoms with E-state index in [2.05, 4.69) is 5.32 Å². The van der Waals surface area contributed by atoms with Crippen molar-refractivity contribution >= 4 is 11.8 Å². The molecule has 0 spiro atoms. The van der Waals surface area contributed by atoms with Gasteiger partial charge in [0.1, 0.15) is 6.04 Å². The Morgan fingerprint density at radius 1 is 1.00 bits per heavy atom. The maximum atomic E-state index is 13.0. The molecule has 2 rings (SSSR count). The molecular weight excluding hydrogens is 333 g/mol. The molecule has 2 aromatic rings. The van der Waals surface area contributed by atoms with E-state index in [0.717, 1.165) is 17.7 Å². The Morgan fingerprint density at radius 3 is 2.20 bits per heavy atom. The number of rotatable bonds is 6. The number of primary amides is 1. The summed E-state index contributed by atoms with van der Waals surface area (Å²) in [4.78, 5) is 23.8. The van der Waals surface area contributed by atoms with Gasteiger partial charge in [-0.2, -0.15) is 13.2 Å². The second-order valence-electron chi connectivity index (χ2n) is 5.50. The van der Waals surface area contributed by atoms with Gasteiger partial charge in [-0.25, -0.2) is 0 Å². The van der Waals surface area contributed by atoms with Gasteiger partial charge in [-0.3, -0.25) is 9.59 Å². The number of amides is 2. The number of nitrogens with two attached hydrogens (primary N) is 1. The Morgan fingerprint density at radius 2 is 1.60 bits per heavy atom. The van der Waals surface area contributed by atoms with E-state index < -0.39 is 35.2 Å². The van der Waals surface area contributed by atoms with Crippen LogP contribution in [0.4, 0.5) is 13.2 Å². The number of halogens is 3. The van der Waals surface area contributed by atoms with E-state index in [-0.39, 0.29) is 6.42 Å². The molecule has 2 amide bonds. The molecule has 0 heterocycles. The van der Waals surface area contributed by atoms with Crippen LogP contribution in [0.3, 0.4) is 0 Å². The average Bonchev–Trinajstić information content (AvgIpc) is 2.58. The van der Waals surface area contributed by atoms with Gasteiger partial charge >= 0.3 is 6.18 Å². The summed E-state index contributed by atoms with van der Waals surface area (Å²) in [5.41, 5.74) is 4.61. The number of hydrogen-bond donors (Lipinski definition) is 2. The van der Waals surface area contributed by atoms with E-state index in [0.29, 0.717) is 6.42 Å². The molecule has 4 nitrogen and oxygen atoms in total. The van der Waals surface area contributed by atoms with Crippen LogP contribution < -0.4 is 11.1 Å². The quantitative estimate of drug-likeness (QED) is 0.841. The van der Waals surface area contributed by atoms with Crippen molar-refractivity contribution in [3.05, 3.63) is 71.3 Å². The Balaban J connectivity index is 2.12. The van der Waals surface area contributed by atoms with E-state index >= 15 is 0 Å². The molecule has 3 N–H and O–H groups in total. The van der Waals surface area contributed by atoms with Gasteiger partial charge in [0.05, 0.1) is 11.1 Å². The molecule has 0 radical (unpaired) electrons. The van der Waals surface area contributed by atoms with E-state index in [1.54, 1.807) is 0 Å². The maximum Gasteiger partial charge on any atom is 0.417 e. The average molecular weight is 350 g/mol. The number of hydrogen-bond acceptors (Lipinski definition) is 2. The third-order valence-electron chi connectivity index (χ3n) is 3.69. The molecule has 0 saturated carbocycles. The van der Waals surface area contributed by atoms with E-state index in [9.17, 15) is 22.8 Å². The molecule has 7 heteroatoms. The monoisotopic (exact) mass is 350 g/mol. The molecule has 0 aliphatic carbocycles. The summed E-state index contributed by atoms with van der Waals surface area (Å²) in [6.07, 6.45) is -4.02. The third kappa shape index (κ3) is 5.07. The number of carbonyl (C=O) groups is 2. The standard InChI is InChI=1S/C18H17F3N2O2/c19-18(20,21)14-9-5-4-8-13(14)17(25)23-15(16(22)24)11-10-12-6-2-1-3-7-12/h1-9,15H,10-11H2,(H2,22,24)(H,23,25)/t15-/m1/s1. The van der Waals surface area contributed by atoms with Gasteiger partial charge in [-0.05, 0) is 30.5 Å². The van der Waals surface area contributed by atoms with Crippen LogP contribution >= 0.6 is 0 Å². The largest absolute Gasteiger partial charge is 0.417 e. The molecule has 0 fully saturated rings. The van der Waals surface area contributed by atoms with Crippen LogP contribution in [0.2, 0.25) is 0 Å². The van der Waals surface area contributed by atoms with Crippen molar-refractivity contribution in [3.8, 4) is 0 Å². The summed E-state index contributed by atoms with van der Waals surface area (Å²) in [6.45, 7) is 0. The lowest BCUT2D eigenvalue weighted by Gasteiger charge is -2.17. The van der Waals surface area contributed by atoms with E-state index in [1.807, 2.05) is 30.3 Å². The van der Waals surface area contributed by atoms with Crippen molar-refractivity contribution in [2.75, 3.05) is 0 Å². The Labute approximate surface area is 142 Å². The third-order valence-corrected chi connectivity index (χ3v) is 3.69. The molecule has 0 aliphatic rings. The van der Waals surface area contributed by atoms with Gasteiger partial charge in [0.2, 0.25) is 5.91 Å². The lowest BCUT2D eigenvalue weighted by atomic mass is 10.0. The summed E-state index contributed by atoms with van der Waals surface area (Å²) in [5, 5.41) is 2.30. The van der Waals surface area contributed by atoms with Crippen molar-refractivity contribution < 1.29 is 22.8 Å². The van der Waals surface area contributed by atoms with Crippen molar-refractivity contribution in [2.45, 2.75) is 25.1 Å². The molecule has 132 valence electrons. The zero-order valence-corrected chi connectivity index (χ0v) is 13.2. The first-order chi connectivity index (χ1) is 11.8. The summed E-state index contributed by atoms with van der Waals surface area (Å²) in [6, 6.07) is 12.5. The minimum Gasteiger partial charge on any atom is -0.368 e. The van der Waals surface area contributed by atoms with Crippen LogP contribution in [-0.2, 0) is 17.4 Å². The molecule has 0 aromatic heterocycles. The Kier molecular flexibility index (Phi) is 5.80. The summed E-state index contributed by atoms with van der Waals surface area (Å²) in [5.74, 6) is -1.78. The topological polar surface area (TPSA) is 72.2 Å². The van der Waals surface area contributed by atoms with Gasteiger partial charge < -0.3 is 11.1 Å². The first kappa shape index (κ1) is 18.5. The fourth-order valence-electron chi connectivity index (χ4n) is 2.41. The van der Waals surface area contributed by atoms with Crippen molar-refractivity contribution in [3.63, 3.8) is 0 Å². The van der Waals surface area contributed by atoms with Crippen molar-refractivity contribution in [1.82, 2.24) is 5.32 Å². The first-order valence-corrected chi connectivity index (χ1v) is 7.59. The smallest absolute Gasteiger partial charge is 0.368 e. The molecule has 1 atom stereocenters. The number of nitrogens with one attached hydrogen (secondary N) is 1. The molecule has 2 aromatic carbocycles. The zero-order chi connectivity index (χ0) is 18.4. The number of benzene rings is 2. The minimum absolute atomic E-state index is 0.194. The van der Waals surface area contributed by atoms with Crippen LogP contribution in [0.1, 0.15) is 27.9 Å². The molecular formula is C18H17F3N2O2. The van der Waals surface area contributed by atoms with Crippen LogP contribution in [0.15, 0.2) is 54.6 Å². The number of aryl methyl sites for hydroxylation is 1. The fraction of sp³-hybridized carbons (Fsp3) is 0.222. The van der Waals surface area contributed by atoms with Crippen LogP contribution in [-0.4, -0.2) is 17.9 Å². The number of carbonyl (C=O) groups excluding carboxylic acids is 2. The van der Waals surface area contributed by atoms with Gasteiger partial charge in [0.15, 0.2) is 0 Å². The molecule has 0 saturated heterocycles. The number of alkyl halides is 3. The second kappa shape index (κ2) is 7.83. The maximum absolute atomic E-state index is 13.0. The molecule has 0 unspecified atom stereocenters. The van der Waals surface area contributed by atoms with Crippen molar-refractivity contribution in [1.29, 1.82) is 0 Å². The zero-order valence-electron chi connectivity index (χ0n) is 13.2. The fourth-order valence-corrected chi connectivity index (χ4v) is 2.41. The lowest BCUT2D eigenvalue weighted by molar-refractivity contribution is -0.137. The highest BCUT2D eigenvalue weighted by atomic mass is 19.4. The first-order valence-electron chi connectivity index (χ1n) is 7.59. The Hall–Kier alpha value is -2.83. The molecule has 25 heavy (non-hydrogen) atoms. The van der Waals surface area contributed by atoms with Gasteiger partial charge in [0.25, 0.3) is 5.91 Å². The minimum atomic E-state index is -4.67. The Bertz CT molecular complexity index is 745. The molecule has 0 bridgehead atoms. The lowest BCUT2D eigenvalue weighted by Crippen LogP contribution is -2.45. The normalized spacial score (nSPS) is 12.4. The predicted octanol–water partition coefficient (Wildman–Crippen LogP) is 2.92. The van der Waals surface area contributed by atoms with Gasteiger partial charge in [-0.15, -0.1) is 0 Å². The second-order valence-corrected chi connectivity index (χ2v) is 5.50. The van der Waals surface area contributed by atoms with Crippen LogP contribution in [0, 0.1) is 0 Å². The summed E-state index contributed by atoms with van der Waals surface area (Å²) in [7, 11) is 0. The van der Waals surface area contributed by atoms with Crippen molar-refractivity contribution in [2.24, 2.45) is 5.73 Å². The predicted molar refractivity (Wildman–Crippen MR) is 86.7 cm³/mol. The highest BCUT2D eigenvalue weighted by Crippen LogP contribution is 2.31. The van der Waals surface area contributed by atoms with Crippen LogP contribution in [0.5, 0.6) is 0 Å².